The molecule has 0 radical (unpaired) electrons. The minimum absolute atomic E-state index is 0.314. The Balaban J connectivity index is 1.95. The molecule has 128 valence electrons. The van der Waals surface area contributed by atoms with Crippen LogP contribution < -0.4 is 0 Å². The van der Waals surface area contributed by atoms with Crippen LogP contribution in [0.4, 0.5) is 11.5 Å². The first-order chi connectivity index (χ1) is 11.4. The summed E-state index contributed by atoms with van der Waals surface area (Å²) in [6, 6.07) is 1.95. The highest BCUT2D eigenvalue weighted by atomic mass is 32.2. The Morgan fingerprint density at radius 1 is 1.38 bits per heavy atom. The van der Waals surface area contributed by atoms with Crippen LogP contribution in [0.25, 0.3) is 4.85 Å². The fourth-order valence-corrected chi connectivity index (χ4v) is 5.29. The maximum atomic E-state index is 7.27. The first kappa shape index (κ1) is 17.3. The molecule has 2 fully saturated rings. The molecule has 1 aliphatic heterocycles. The first-order valence-corrected chi connectivity index (χ1v) is 9.78. The molecule has 1 saturated carbocycles. The second kappa shape index (κ2) is 6.76. The average Bonchev–Trinajstić information content (AvgIpc) is 3.10. The van der Waals surface area contributed by atoms with Crippen LogP contribution in [0, 0.1) is 26.3 Å². The van der Waals surface area contributed by atoms with Gasteiger partial charge in [-0.1, -0.05) is 38.5 Å². The lowest BCUT2D eigenvalue weighted by atomic mass is 9.97. The van der Waals surface area contributed by atoms with E-state index in [0.29, 0.717) is 17.1 Å². The second-order valence-electron chi connectivity index (χ2n) is 7.46. The van der Waals surface area contributed by atoms with Crippen LogP contribution >= 0.6 is 11.8 Å². The van der Waals surface area contributed by atoms with Gasteiger partial charge in [0.15, 0.2) is 11.0 Å². The fourth-order valence-electron chi connectivity index (χ4n) is 3.86. The molecule has 0 unspecified atom stereocenters. The van der Waals surface area contributed by atoms with E-state index in [1.165, 1.54) is 25.7 Å². The zero-order valence-electron chi connectivity index (χ0n) is 15.1. The molecule has 2 aliphatic rings. The minimum Gasteiger partial charge on any atom is -0.344 e. The Morgan fingerprint density at radius 2 is 2.08 bits per heavy atom. The number of hydrogen-bond donors (Lipinski definition) is 0. The third-order valence-electron chi connectivity index (χ3n) is 5.02. The predicted octanol–water partition coefficient (Wildman–Crippen LogP) is 5.25. The standard InChI is InChI=1S/C19H26N4S/c1-13(2)11-23-18(24-12-19(23)8-6-7-9-19)22-16-10-14(3)17(20-5)15(4)21-16/h10,13H,6-9,11-12H2,1-4H3. The van der Waals surface area contributed by atoms with Gasteiger partial charge >= 0.3 is 0 Å². The number of pyridine rings is 1. The van der Waals surface area contributed by atoms with Crippen LogP contribution in [0.2, 0.25) is 0 Å². The third-order valence-corrected chi connectivity index (χ3v) is 6.27. The van der Waals surface area contributed by atoms with Gasteiger partial charge < -0.3 is 4.90 Å². The molecule has 0 N–H and O–H groups in total. The molecule has 3 rings (SSSR count). The van der Waals surface area contributed by atoms with E-state index >= 15 is 0 Å². The van der Waals surface area contributed by atoms with Crippen LogP contribution in [0.3, 0.4) is 0 Å². The van der Waals surface area contributed by atoms with Crippen molar-refractivity contribution in [2.75, 3.05) is 12.3 Å². The zero-order chi connectivity index (χ0) is 17.3. The summed E-state index contributed by atoms with van der Waals surface area (Å²) < 4.78 is 0. The molecule has 0 amide bonds. The molecule has 1 aliphatic carbocycles. The van der Waals surface area contributed by atoms with E-state index < -0.39 is 0 Å². The number of amidine groups is 1. The van der Waals surface area contributed by atoms with E-state index in [9.17, 15) is 0 Å². The van der Waals surface area contributed by atoms with Gasteiger partial charge in [-0.05, 0) is 44.2 Å². The Bertz CT molecular complexity index is 673. The molecule has 0 bridgehead atoms. The highest BCUT2D eigenvalue weighted by molar-refractivity contribution is 8.14. The molecule has 5 heteroatoms. The molecular formula is C19H26N4S. The van der Waals surface area contributed by atoms with Gasteiger partial charge in [0.05, 0.1) is 12.1 Å². The lowest BCUT2D eigenvalue weighted by Crippen LogP contribution is -2.47. The molecule has 0 atom stereocenters. The van der Waals surface area contributed by atoms with Gasteiger partial charge in [0, 0.05) is 18.0 Å². The van der Waals surface area contributed by atoms with E-state index in [-0.39, 0.29) is 0 Å². The first-order valence-electron chi connectivity index (χ1n) is 8.80. The Kier molecular flexibility index (Phi) is 4.87. The highest BCUT2D eigenvalue weighted by Gasteiger charge is 2.46. The number of aromatic nitrogens is 1. The van der Waals surface area contributed by atoms with Gasteiger partial charge in [-0.3, -0.25) is 0 Å². The molecule has 24 heavy (non-hydrogen) atoms. The summed E-state index contributed by atoms with van der Waals surface area (Å²) in [4.78, 5) is 15.6. The monoisotopic (exact) mass is 342 g/mol. The number of nitrogens with zero attached hydrogens (tertiary/aromatic N) is 4. The van der Waals surface area contributed by atoms with Gasteiger partial charge in [-0.25, -0.2) is 14.8 Å². The molecule has 1 aromatic rings. The molecule has 1 spiro atoms. The zero-order valence-corrected chi connectivity index (χ0v) is 15.9. The van der Waals surface area contributed by atoms with Crippen molar-refractivity contribution in [3.05, 3.63) is 28.7 Å². The minimum atomic E-state index is 0.314. The molecule has 1 saturated heterocycles. The van der Waals surface area contributed by atoms with Crippen LogP contribution in [0.15, 0.2) is 11.1 Å². The summed E-state index contributed by atoms with van der Waals surface area (Å²) in [5, 5.41) is 1.12. The van der Waals surface area contributed by atoms with Crippen molar-refractivity contribution in [2.45, 2.75) is 58.9 Å². The van der Waals surface area contributed by atoms with E-state index in [1.54, 1.807) is 0 Å². The maximum Gasteiger partial charge on any atom is 0.211 e. The SMILES string of the molecule is [C-]#[N+]c1c(C)cc(N=C2SCC3(CCCC3)N2CC(C)C)nc1C. The van der Waals surface area contributed by atoms with Crippen molar-refractivity contribution < 1.29 is 0 Å². The van der Waals surface area contributed by atoms with Crippen molar-refractivity contribution in [2.24, 2.45) is 10.9 Å². The van der Waals surface area contributed by atoms with Gasteiger partial charge in [-0.2, -0.15) is 0 Å². The third kappa shape index (κ3) is 3.17. The number of aliphatic imine (C=N–C) groups is 1. The Hall–Kier alpha value is -1.54. The van der Waals surface area contributed by atoms with Crippen LogP contribution in [-0.2, 0) is 0 Å². The van der Waals surface area contributed by atoms with Crippen molar-refractivity contribution in [3.63, 3.8) is 0 Å². The number of aryl methyl sites for hydroxylation is 2. The molecule has 2 heterocycles. The topological polar surface area (TPSA) is 32.9 Å². The largest absolute Gasteiger partial charge is 0.344 e. The predicted molar refractivity (Wildman–Crippen MR) is 102 cm³/mol. The van der Waals surface area contributed by atoms with Gasteiger partial charge in [0.1, 0.15) is 0 Å². The quantitative estimate of drug-likeness (QED) is 0.703. The molecule has 4 nitrogen and oxygen atoms in total. The Labute approximate surface area is 149 Å². The van der Waals surface area contributed by atoms with Crippen molar-refractivity contribution >= 4 is 28.4 Å². The second-order valence-corrected chi connectivity index (χ2v) is 8.40. The summed E-state index contributed by atoms with van der Waals surface area (Å²) in [6.07, 6.45) is 5.24. The maximum absolute atomic E-state index is 7.27. The number of hydrogen-bond acceptors (Lipinski definition) is 3. The van der Waals surface area contributed by atoms with Crippen molar-refractivity contribution in [3.8, 4) is 0 Å². The number of thioether (sulfide) groups is 1. The van der Waals surface area contributed by atoms with E-state index in [2.05, 4.69) is 28.6 Å². The normalized spacial score (nSPS) is 21.2. The summed E-state index contributed by atoms with van der Waals surface area (Å²) in [7, 11) is 0. The lowest BCUT2D eigenvalue weighted by molar-refractivity contribution is 0.198. The van der Waals surface area contributed by atoms with Crippen LogP contribution in [-0.4, -0.2) is 32.9 Å². The van der Waals surface area contributed by atoms with E-state index in [1.807, 2.05) is 31.7 Å². The van der Waals surface area contributed by atoms with Crippen molar-refractivity contribution in [1.82, 2.24) is 9.88 Å². The summed E-state index contributed by atoms with van der Waals surface area (Å²) in [5.41, 5.74) is 2.71. The van der Waals surface area contributed by atoms with Crippen molar-refractivity contribution in [1.29, 1.82) is 0 Å². The number of rotatable bonds is 3. The highest BCUT2D eigenvalue weighted by Crippen LogP contribution is 2.45. The molecular weight excluding hydrogens is 316 g/mol. The smallest absolute Gasteiger partial charge is 0.211 e. The van der Waals surface area contributed by atoms with Gasteiger partial charge in [0.2, 0.25) is 5.69 Å². The average molecular weight is 343 g/mol. The summed E-state index contributed by atoms with van der Waals surface area (Å²) >= 11 is 1.88. The van der Waals surface area contributed by atoms with Crippen LogP contribution in [0.1, 0.15) is 50.8 Å². The Morgan fingerprint density at radius 3 is 2.67 bits per heavy atom. The molecule has 0 aromatic carbocycles. The lowest BCUT2D eigenvalue weighted by Gasteiger charge is -2.36. The van der Waals surface area contributed by atoms with Gasteiger partial charge in [0.25, 0.3) is 0 Å². The molecule has 1 aromatic heterocycles. The fraction of sp³-hybridized carbons (Fsp3) is 0.632. The van der Waals surface area contributed by atoms with E-state index in [0.717, 1.165) is 34.5 Å². The van der Waals surface area contributed by atoms with E-state index in [4.69, 9.17) is 11.6 Å². The van der Waals surface area contributed by atoms with Crippen LogP contribution in [0.5, 0.6) is 0 Å². The summed E-state index contributed by atoms with van der Waals surface area (Å²) in [5.74, 6) is 2.51. The van der Waals surface area contributed by atoms with Gasteiger partial charge in [-0.15, -0.1) is 0 Å². The summed E-state index contributed by atoms with van der Waals surface area (Å²) in [6.45, 7) is 16.8.